The van der Waals surface area contributed by atoms with Gasteiger partial charge in [-0.2, -0.15) is 0 Å². The van der Waals surface area contributed by atoms with E-state index in [0.29, 0.717) is 43.8 Å². The van der Waals surface area contributed by atoms with E-state index in [9.17, 15) is 0 Å². The van der Waals surface area contributed by atoms with Crippen LogP contribution in [-0.4, -0.2) is 64.1 Å². The highest BCUT2D eigenvalue weighted by atomic mass is 15.0. The Morgan fingerprint density at radius 2 is 0.783 bits per heavy atom. The molecule has 0 fully saturated rings. The number of aromatic nitrogens is 2. The molecular weight excluding hydrogens is 824 g/mol. The Balaban J connectivity index is 1.16. The van der Waals surface area contributed by atoms with Gasteiger partial charge in [0.2, 0.25) is 0 Å². The van der Waals surface area contributed by atoms with Crippen LogP contribution in [0.3, 0.4) is 0 Å². The van der Waals surface area contributed by atoms with Gasteiger partial charge >= 0.3 is 0 Å². The Hall–Kier alpha value is -7.75. The first kappa shape index (κ1) is 42.6. The van der Waals surface area contributed by atoms with Gasteiger partial charge in [0, 0.05) is 38.4 Å². The quantitative estimate of drug-likeness (QED) is 0.145. The summed E-state index contributed by atoms with van der Waals surface area (Å²) in [4.78, 5) is 0. The summed E-state index contributed by atoms with van der Waals surface area (Å²) in [6.07, 6.45) is 0. The second-order valence-electron chi connectivity index (χ2n) is 17.6. The Bertz CT molecular complexity index is 4010. The molecule has 0 bridgehead atoms. The van der Waals surface area contributed by atoms with E-state index in [0.717, 1.165) is 83.3 Å². The maximum Gasteiger partial charge on any atom is 0.115 e. The average Bonchev–Trinajstić information content (AvgIpc) is 3.94. The summed E-state index contributed by atoms with van der Waals surface area (Å²) in [7, 11) is 49.8. The highest BCUT2D eigenvalue weighted by Gasteiger charge is 2.26. The van der Waals surface area contributed by atoms with E-state index in [1.165, 1.54) is 0 Å². The van der Waals surface area contributed by atoms with Gasteiger partial charge < -0.3 is 9.13 Å². The second-order valence-corrected chi connectivity index (χ2v) is 17.6. The third-order valence-corrected chi connectivity index (χ3v) is 13.7. The van der Waals surface area contributed by atoms with Crippen molar-refractivity contribution in [3.05, 3.63) is 200 Å². The van der Waals surface area contributed by atoms with Gasteiger partial charge in [0.25, 0.3) is 0 Å². The van der Waals surface area contributed by atoms with Crippen LogP contribution >= 0.6 is 0 Å². The number of nitrogens with zero attached hydrogens (tertiary/aromatic N) is 2. The molecule has 0 saturated carbocycles. The van der Waals surface area contributed by atoms with E-state index < -0.39 is 0 Å². The molecule has 12 aromatic rings. The number of benzene rings is 10. The van der Waals surface area contributed by atoms with Gasteiger partial charge in [-0.05, 0) is 97.9 Å². The molecule has 10 aromatic carbocycles. The van der Waals surface area contributed by atoms with Crippen molar-refractivity contribution in [2.24, 2.45) is 0 Å². The van der Waals surface area contributed by atoms with Crippen LogP contribution in [0.2, 0.25) is 0 Å². The molecule has 2 heterocycles. The molecule has 0 saturated heterocycles. The molecule has 14 radical (unpaired) electrons. The molecule has 0 unspecified atom stereocenters. The van der Waals surface area contributed by atoms with Gasteiger partial charge in [-0.15, -0.1) is 10.9 Å². The first-order valence-corrected chi connectivity index (χ1v) is 22.8. The molecule has 0 aliphatic carbocycles. The third kappa shape index (κ3) is 6.73. The Morgan fingerprint density at radius 3 is 1.42 bits per heavy atom. The van der Waals surface area contributed by atoms with Gasteiger partial charge in [-0.25, -0.2) is 0 Å². The fourth-order valence-corrected chi connectivity index (χ4v) is 10.5. The number of hydrogen-bond donors (Lipinski definition) is 0. The minimum atomic E-state index is 0.164. The number of fused-ring (bicyclic) bond motifs is 6. The van der Waals surface area contributed by atoms with Gasteiger partial charge in [0.1, 0.15) is 54.9 Å². The summed E-state index contributed by atoms with van der Waals surface area (Å²) in [6.45, 7) is 0. The summed E-state index contributed by atoms with van der Waals surface area (Å²) in [6, 6.07) is 69.1. The van der Waals surface area contributed by atoms with Crippen molar-refractivity contribution in [2.75, 3.05) is 0 Å². The normalized spacial score (nSPS) is 11.6. The van der Waals surface area contributed by atoms with Crippen molar-refractivity contribution >= 4 is 137 Å². The maximum absolute atomic E-state index is 7.56. The fourth-order valence-electron chi connectivity index (χ4n) is 10.5. The number of rotatable bonds is 7. The van der Waals surface area contributed by atoms with Crippen molar-refractivity contribution in [1.82, 2.24) is 9.13 Å². The van der Waals surface area contributed by atoms with Crippen LogP contribution in [0.15, 0.2) is 200 Å². The van der Waals surface area contributed by atoms with Crippen molar-refractivity contribution in [3.63, 3.8) is 0 Å². The van der Waals surface area contributed by atoms with Crippen LogP contribution in [0.25, 0.3) is 111 Å². The fraction of sp³-hybridized carbons (Fsp3) is 0. The highest BCUT2D eigenvalue weighted by Crippen LogP contribution is 2.42. The molecule has 9 heteroatoms. The van der Waals surface area contributed by atoms with E-state index >= 15 is 0 Å². The van der Waals surface area contributed by atoms with Crippen LogP contribution in [-0.2, 0) is 0 Å². The monoisotopic (exact) mass is 858 g/mol. The lowest BCUT2D eigenvalue weighted by atomic mass is 9.64. The SMILES string of the molecule is [B]c1c([B])c([B])c2c(c1[B])c1c([B])c(-c3ccc4c(c3)c3c(-c5ccccc5)cccc3n4-c3cccc(-c4ccccc4)c3)c([B])c([B])c1n2-c1ccc(-c2ccccc2)cc1-c1ccccc1. The molecule has 0 N–H and O–H groups in total. The molecule has 0 atom stereocenters. The van der Waals surface area contributed by atoms with E-state index in [-0.39, 0.29) is 21.9 Å². The first-order valence-electron chi connectivity index (χ1n) is 22.8. The molecule has 2 nitrogen and oxygen atoms in total. The zero-order valence-corrected chi connectivity index (χ0v) is 37.5. The van der Waals surface area contributed by atoms with E-state index in [2.05, 4.69) is 156 Å². The standard InChI is InChI=1S/C60H33B7N2/c61-52-48(40-28-30-46-44(33-40)49-42(36-19-9-3-10-20-36)25-14-26-47(49)68(46)41-24-13-23-38(31-41)34-15-5-1-6-16-34)53(62)57(66)59-50(52)51-54(63)55(64)56(65)58(67)60(51)69(59)45-29-27-39(35-17-7-2-8-18-35)32-43(45)37-21-11-4-12-22-37/h1-33H. The largest absolute Gasteiger partial charge is 0.310 e. The van der Waals surface area contributed by atoms with Gasteiger partial charge in [-0.1, -0.05) is 185 Å². The van der Waals surface area contributed by atoms with Crippen molar-refractivity contribution in [1.29, 1.82) is 0 Å². The zero-order valence-electron chi connectivity index (χ0n) is 37.5. The minimum absolute atomic E-state index is 0.164. The molecule has 2 aromatic heterocycles. The summed E-state index contributed by atoms with van der Waals surface area (Å²) in [5.74, 6) is 0. The van der Waals surface area contributed by atoms with Crippen LogP contribution < -0.4 is 38.2 Å². The van der Waals surface area contributed by atoms with Crippen molar-refractivity contribution < 1.29 is 0 Å². The van der Waals surface area contributed by atoms with Crippen molar-refractivity contribution in [3.8, 4) is 67.0 Å². The molecule has 0 spiro atoms. The lowest BCUT2D eigenvalue weighted by Crippen LogP contribution is -2.48. The smallest absolute Gasteiger partial charge is 0.115 e. The molecule has 0 aliphatic rings. The lowest BCUT2D eigenvalue weighted by Gasteiger charge is -2.21. The number of hydrogen-bond acceptors (Lipinski definition) is 0. The van der Waals surface area contributed by atoms with Gasteiger partial charge in [-0.3, -0.25) is 0 Å². The molecule has 69 heavy (non-hydrogen) atoms. The topological polar surface area (TPSA) is 9.86 Å². The van der Waals surface area contributed by atoms with E-state index in [4.69, 9.17) is 54.9 Å². The van der Waals surface area contributed by atoms with Gasteiger partial charge in [0.05, 0.1) is 16.7 Å². The third-order valence-electron chi connectivity index (χ3n) is 13.7. The maximum atomic E-state index is 7.56. The van der Waals surface area contributed by atoms with Crippen LogP contribution in [0.4, 0.5) is 0 Å². The summed E-state index contributed by atoms with van der Waals surface area (Å²) in [5, 5.41) is 3.20. The minimum Gasteiger partial charge on any atom is -0.310 e. The molecule has 0 aliphatic heterocycles. The van der Waals surface area contributed by atoms with Crippen molar-refractivity contribution in [2.45, 2.75) is 0 Å². The van der Waals surface area contributed by atoms with Crippen LogP contribution in [0.1, 0.15) is 0 Å². The lowest BCUT2D eigenvalue weighted by molar-refractivity contribution is 1.18. The van der Waals surface area contributed by atoms with E-state index in [1.807, 2.05) is 53.1 Å². The first-order chi connectivity index (χ1) is 33.7. The van der Waals surface area contributed by atoms with Gasteiger partial charge in [0.15, 0.2) is 0 Å². The molecular formula is C60H33B7N2. The summed E-state index contributed by atoms with van der Waals surface area (Å²) >= 11 is 0. The predicted octanol–water partition coefficient (Wildman–Crippen LogP) is 7.77. The van der Waals surface area contributed by atoms with Crippen LogP contribution in [0, 0.1) is 0 Å². The average molecular weight is 858 g/mol. The summed E-state index contributed by atoms with van der Waals surface area (Å²) in [5.41, 5.74) is 16.5. The molecule has 304 valence electrons. The predicted molar refractivity (Wildman–Crippen MR) is 300 cm³/mol. The van der Waals surface area contributed by atoms with E-state index in [1.54, 1.807) is 0 Å². The van der Waals surface area contributed by atoms with Crippen LogP contribution in [0.5, 0.6) is 0 Å². The molecule has 12 rings (SSSR count). The molecule has 0 amide bonds. The Labute approximate surface area is 410 Å². The Kier molecular flexibility index (Phi) is 10.4. The zero-order chi connectivity index (χ0) is 47.1. The Morgan fingerprint density at radius 1 is 0.275 bits per heavy atom. The highest BCUT2D eigenvalue weighted by molar-refractivity contribution is 6.69. The second kappa shape index (κ2) is 16.8. The summed E-state index contributed by atoms with van der Waals surface area (Å²) < 4.78 is 4.33.